The van der Waals surface area contributed by atoms with E-state index in [0.29, 0.717) is 12.1 Å². The smallest absolute Gasteiger partial charge is 0.0371 e. The minimum atomic E-state index is -0.450. The Labute approximate surface area is 154 Å². The van der Waals surface area contributed by atoms with Gasteiger partial charge in [0, 0.05) is 32.4 Å². The summed E-state index contributed by atoms with van der Waals surface area (Å²) >= 11 is 0. The molecule has 3 heteroatoms. The third-order valence-corrected chi connectivity index (χ3v) is 7.69. The molecule has 0 bridgehead atoms. The van der Waals surface area contributed by atoms with E-state index in [9.17, 15) is 0 Å². The average Bonchev–Trinajstić information content (AvgIpc) is 2.96. The number of hydrogen-bond donors (Lipinski definition) is 0. The van der Waals surface area contributed by atoms with Crippen molar-refractivity contribution in [2.75, 3.05) is 18.5 Å². The SMILES string of the molecule is CCCN(C)P(c1ccccc1)c1ccc(N2[C@H](C)CC[C@@H]2C)cc1. The van der Waals surface area contributed by atoms with Gasteiger partial charge in [-0.15, -0.1) is 0 Å². The fraction of sp³-hybridized carbons (Fsp3) is 0.455. The number of hydrogen-bond acceptors (Lipinski definition) is 2. The maximum atomic E-state index is 2.59. The summed E-state index contributed by atoms with van der Waals surface area (Å²) in [5.41, 5.74) is 1.38. The van der Waals surface area contributed by atoms with Gasteiger partial charge in [0.2, 0.25) is 0 Å². The first kappa shape index (κ1) is 18.4. The molecule has 3 atom stereocenters. The van der Waals surface area contributed by atoms with Crippen LogP contribution >= 0.6 is 8.07 Å². The molecule has 2 aromatic carbocycles. The first-order chi connectivity index (χ1) is 12.1. The first-order valence-corrected chi connectivity index (χ1v) is 10.9. The molecule has 0 spiro atoms. The van der Waals surface area contributed by atoms with Gasteiger partial charge in [-0.2, -0.15) is 0 Å². The predicted octanol–water partition coefficient (Wildman–Crippen LogP) is 4.75. The average molecular weight is 354 g/mol. The largest absolute Gasteiger partial charge is 0.366 e. The van der Waals surface area contributed by atoms with E-state index in [0.717, 1.165) is 6.54 Å². The van der Waals surface area contributed by atoms with Crippen molar-refractivity contribution >= 4 is 24.4 Å². The van der Waals surface area contributed by atoms with Crippen LogP contribution in [0, 0.1) is 0 Å². The summed E-state index contributed by atoms with van der Waals surface area (Å²) in [6.45, 7) is 8.09. The molecule has 2 nitrogen and oxygen atoms in total. The maximum Gasteiger partial charge on any atom is 0.0371 e. The summed E-state index contributed by atoms with van der Waals surface area (Å²) in [6.07, 6.45) is 3.79. The standard InChI is InChI=1S/C22H31N2P/c1-5-17-23(4)25(21-9-7-6-8-10-21)22-15-13-20(14-16-22)24-18(2)11-12-19(24)3/h6-10,13-16,18-19H,5,11-12,17H2,1-4H3/t18-,19+,25?. The van der Waals surface area contributed by atoms with Crippen molar-refractivity contribution in [3.05, 3.63) is 54.6 Å². The fourth-order valence-corrected chi connectivity index (χ4v) is 6.38. The van der Waals surface area contributed by atoms with Crippen molar-refractivity contribution in [3.63, 3.8) is 0 Å². The van der Waals surface area contributed by atoms with Crippen molar-refractivity contribution in [1.82, 2.24) is 4.67 Å². The molecule has 1 saturated heterocycles. The minimum absolute atomic E-state index is 0.450. The molecular weight excluding hydrogens is 323 g/mol. The van der Waals surface area contributed by atoms with Crippen LogP contribution in [0.2, 0.25) is 0 Å². The van der Waals surface area contributed by atoms with Gasteiger partial charge in [-0.25, -0.2) is 0 Å². The van der Waals surface area contributed by atoms with Crippen molar-refractivity contribution in [2.24, 2.45) is 0 Å². The van der Waals surface area contributed by atoms with Gasteiger partial charge in [0.1, 0.15) is 0 Å². The van der Waals surface area contributed by atoms with Gasteiger partial charge in [-0.05, 0) is 62.9 Å². The Bertz CT molecular complexity index is 645. The van der Waals surface area contributed by atoms with Crippen LogP contribution in [0.25, 0.3) is 0 Å². The summed E-state index contributed by atoms with van der Waals surface area (Å²) in [6, 6.07) is 21.7. The summed E-state index contributed by atoms with van der Waals surface area (Å²) in [4.78, 5) is 2.59. The molecule has 0 N–H and O–H groups in total. The van der Waals surface area contributed by atoms with Crippen molar-refractivity contribution < 1.29 is 0 Å². The van der Waals surface area contributed by atoms with Crippen LogP contribution in [0.15, 0.2) is 54.6 Å². The summed E-state index contributed by atoms with van der Waals surface area (Å²) in [5.74, 6) is 0. The quantitative estimate of drug-likeness (QED) is 0.691. The van der Waals surface area contributed by atoms with Crippen LogP contribution in [0.3, 0.4) is 0 Å². The van der Waals surface area contributed by atoms with Gasteiger partial charge in [0.25, 0.3) is 0 Å². The van der Waals surface area contributed by atoms with Crippen molar-refractivity contribution in [3.8, 4) is 0 Å². The molecule has 0 aliphatic carbocycles. The molecule has 0 radical (unpaired) electrons. The molecule has 0 saturated carbocycles. The molecule has 1 unspecified atom stereocenters. The van der Waals surface area contributed by atoms with Crippen LogP contribution in [0.4, 0.5) is 5.69 Å². The first-order valence-electron chi connectivity index (χ1n) is 9.56. The third kappa shape index (κ3) is 4.07. The van der Waals surface area contributed by atoms with Gasteiger partial charge in [0.05, 0.1) is 0 Å². The second kappa shape index (κ2) is 8.34. The van der Waals surface area contributed by atoms with E-state index < -0.39 is 8.07 Å². The molecule has 3 rings (SSSR count). The van der Waals surface area contributed by atoms with E-state index in [2.05, 4.69) is 92.0 Å². The van der Waals surface area contributed by atoms with Gasteiger partial charge in [-0.3, -0.25) is 4.67 Å². The highest BCUT2D eigenvalue weighted by Gasteiger charge is 2.27. The second-order valence-corrected chi connectivity index (χ2v) is 9.57. The fourth-order valence-electron chi connectivity index (χ4n) is 4.01. The predicted molar refractivity (Wildman–Crippen MR) is 113 cm³/mol. The van der Waals surface area contributed by atoms with E-state index in [1.165, 1.54) is 35.6 Å². The highest BCUT2D eigenvalue weighted by Crippen LogP contribution is 2.38. The van der Waals surface area contributed by atoms with Crippen LogP contribution in [0.1, 0.15) is 40.0 Å². The maximum absolute atomic E-state index is 2.59. The second-order valence-electron chi connectivity index (χ2n) is 7.23. The highest BCUT2D eigenvalue weighted by molar-refractivity contribution is 7.70. The monoisotopic (exact) mass is 354 g/mol. The van der Waals surface area contributed by atoms with Crippen molar-refractivity contribution in [1.29, 1.82) is 0 Å². The molecule has 0 aromatic heterocycles. The molecule has 1 heterocycles. The van der Waals surface area contributed by atoms with Crippen LogP contribution in [0.5, 0.6) is 0 Å². The van der Waals surface area contributed by atoms with E-state index in [1.54, 1.807) is 0 Å². The molecular formula is C22H31N2P. The zero-order valence-corrected chi connectivity index (χ0v) is 16.9. The lowest BCUT2D eigenvalue weighted by Gasteiger charge is -2.31. The Balaban J connectivity index is 1.89. The molecule has 25 heavy (non-hydrogen) atoms. The summed E-state index contributed by atoms with van der Waals surface area (Å²) in [5, 5.41) is 2.88. The molecule has 2 aromatic rings. The minimum Gasteiger partial charge on any atom is -0.366 e. The Morgan fingerprint density at radius 2 is 1.48 bits per heavy atom. The molecule has 1 fully saturated rings. The topological polar surface area (TPSA) is 6.48 Å². The van der Waals surface area contributed by atoms with Gasteiger partial charge >= 0.3 is 0 Å². The zero-order valence-electron chi connectivity index (χ0n) is 16.0. The van der Waals surface area contributed by atoms with E-state index >= 15 is 0 Å². The van der Waals surface area contributed by atoms with Gasteiger partial charge in [0.15, 0.2) is 0 Å². The highest BCUT2D eigenvalue weighted by atomic mass is 31.1. The number of anilines is 1. The molecule has 0 amide bonds. The number of nitrogens with zero attached hydrogens (tertiary/aromatic N) is 2. The van der Waals surface area contributed by atoms with E-state index in [-0.39, 0.29) is 0 Å². The lowest BCUT2D eigenvalue weighted by molar-refractivity contribution is 0.549. The Morgan fingerprint density at radius 1 is 0.920 bits per heavy atom. The number of rotatable bonds is 6. The summed E-state index contributed by atoms with van der Waals surface area (Å²) in [7, 11) is 1.81. The third-order valence-electron chi connectivity index (χ3n) is 5.23. The van der Waals surface area contributed by atoms with Crippen LogP contribution in [-0.4, -0.2) is 30.3 Å². The summed E-state index contributed by atoms with van der Waals surface area (Å²) < 4.78 is 2.53. The Kier molecular flexibility index (Phi) is 6.15. The van der Waals surface area contributed by atoms with E-state index in [4.69, 9.17) is 0 Å². The zero-order chi connectivity index (χ0) is 17.8. The van der Waals surface area contributed by atoms with Crippen molar-refractivity contribution in [2.45, 2.75) is 52.1 Å². The van der Waals surface area contributed by atoms with Crippen LogP contribution < -0.4 is 15.5 Å². The van der Waals surface area contributed by atoms with Gasteiger partial charge in [-0.1, -0.05) is 49.4 Å². The lowest BCUT2D eigenvalue weighted by atomic mass is 10.2. The van der Waals surface area contributed by atoms with Crippen LogP contribution in [-0.2, 0) is 0 Å². The molecule has 134 valence electrons. The van der Waals surface area contributed by atoms with E-state index in [1.807, 2.05) is 0 Å². The Hall–Kier alpha value is -1.37. The number of benzene rings is 2. The lowest BCUT2D eigenvalue weighted by Crippen LogP contribution is -2.33. The normalized spacial score (nSPS) is 21.7. The molecule has 1 aliphatic heterocycles. The molecule has 1 aliphatic rings. The van der Waals surface area contributed by atoms with Gasteiger partial charge < -0.3 is 4.90 Å². The Morgan fingerprint density at radius 3 is 2.04 bits per heavy atom.